The summed E-state index contributed by atoms with van der Waals surface area (Å²) in [5, 5.41) is 23.7. The number of nitrogens with zero attached hydrogens (tertiary/aromatic N) is 3. The Bertz CT molecular complexity index is 918. The standard InChI is InChI=1S/C28H41N3O2/c1-19-8-9-23-25-16-20-5-3-7-24(26(33)18-31-14-10-21(17-29)30-31)27(20,2)12-13-28(23,25)11-4-6-22(32)15-19/h10,14,19-20,22-25,32H,3-9,11-13,15-16,18H2,1-2H3/t19-,20-,22+,23?,24+,25?,27-,28+/m0/s1. The van der Waals surface area contributed by atoms with Crippen molar-refractivity contribution in [3.05, 3.63) is 18.0 Å². The Kier molecular flexibility index (Phi) is 6.18. The van der Waals surface area contributed by atoms with Crippen LogP contribution in [-0.4, -0.2) is 26.8 Å². The van der Waals surface area contributed by atoms with Crippen molar-refractivity contribution >= 4 is 5.78 Å². The highest BCUT2D eigenvalue weighted by molar-refractivity contribution is 5.81. The van der Waals surface area contributed by atoms with Crippen molar-refractivity contribution in [2.24, 2.45) is 40.4 Å². The molecule has 4 aliphatic carbocycles. The second kappa shape index (κ2) is 8.84. The maximum atomic E-state index is 13.5. The predicted molar refractivity (Wildman–Crippen MR) is 127 cm³/mol. The van der Waals surface area contributed by atoms with E-state index in [0.717, 1.165) is 43.9 Å². The van der Waals surface area contributed by atoms with Gasteiger partial charge in [0.25, 0.3) is 0 Å². The van der Waals surface area contributed by atoms with E-state index >= 15 is 0 Å². The Labute approximate surface area is 198 Å². The van der Waals surface area contributed by atoms with Gasteiger partial charge in [-0.05, 0) is 98.4 Å². The summed E-state index contributed by atoms with van der Waals surface area (Å²) in [7, 11) is 0. The Morgan fingerprint density at radius 2 is 2.00 bits per heavy atom. The molecule has 1 spiro atoms. The molecule has 180 valence electrons. The smallest absolute Gasteiger partial charge is 0.162 e. The fourth-order valence-electron chi connectivity index (χ4n) is 8.65. The molecule has 0 aliphatic heterocycles. The van der Waals surface area contributed by atoms with E-state index in [1.165, 1.54) is 44.9 Å². The average molecular weight is 452 g/mol. The van der Waals surface area contributed by atoms with E-state index in [4.69, 9.17) is 5.26 Å². The van der Waals surface area contributed by atoms with Gasteiger partial charge in [0.2, 0.25) is 0 Å². The van der Waals surface area contributed by atoms with E-state index in [2.05, 4.69) is 25.0 Å². The van der Waals surface area contributed by atoms with E-state index in [-0.39, 0.29) is 17.4 Å². The van der Waals surface area contributed by atoms with Crippen molar-refractivity contribution in [3.8, 4) is 6.07 Å². The molecule has 5 nitrogen and oxygen atoms in total. The number of carbonyl (C=O) groups excluding carboxylic acids is 1. The third-order valence-electron chi connectivity index (χ3n) is 10.6. The van der Waals surface area contributed by atoms with Gasteiger partial charge in [0.15, 0.2) is 11.5 Å². The molecule has 0 bridgehead atoms. The lowest BCUT2D eigenvalue weighted by molar-refractivity contribution is -0.132. The van der Waals surface area contributed by atoms with Crippen LogP contribution >= 0.6 is 0 Å². The second-order valence-corrected chi connectivity index (χ2v) is 12.3. The summed E-state index contributed by atoms with van der Waals surface area (Å²) in [4.78, 5) is 13.5. The molecule has 1 N–H and O–H groups in total. The zero-order chi connectivity index (χ0) is 23.2. The molecule has 5 heteroatoms. The molecule has 0 saturated heterocycles. The molecule has 0 aromatic carbocycles. The van der Waals surface area contributed by atoms with Gasteiger partial charge in [0, 0.05) is 12.1 Å². The van der Waals surface area contributed by atoms with Gasteiger partial charge in [-0.3, -0.25) is 9.48 Å². The third kappa shape index (κ3) is 4.18. The zero-order valence-corrected chi connectivity index (χ0v) is 20.5. The largest absolute Gasteiger partial charge is 0.393 e. The molecule has 1 aromatic rings. The first-order valence-electron chi connectivity index (χ1n) is 13.5. The van der Waals surface area contributed by atoms with Crippen LogP contribution in [0.5, 0.6) is 0 Å². The topological polar surface area (TPSA) is 78.9 Å². The molecule has 0 amide bonds. The maximum Gasteiger partial charge on any atom is 0.162 e. The highest BCUT2D eigenvalue weighted by Crippen LogP contribution is 2.73. The van der Waals surface area contributed by atoms with E-state index in [9.17, 15) is 9.90 Å². The van der Waals surface area contributed by atoms with Gasteiger partial charge in [0.05, 0.1) is 12.6 Å². The first-order valence-corrected chi connectivity index (χ1v) is 13.5. The highest BCUT2D eigenvalue weighted by atomic mass is 16.3. The summed E-state index contributed by atoms with van der Waals surface area (Å²) < 4.78 is 1.66. The van der Waals surface area contributed by atoms with Gasteiger partial charge in [-0.15, -0.1) is 0 Å². The van der Waals surface area contributed by atoms with Crippen molar-refractivity contribution in [1.29, 1.82) is 5.26 Å². The van der Waals surface area contributed by atoms with Gasteiger partial charge in [-0.1, -0.05) is 33.1 Å². The molecule has 5 rings (SSSR count). The van der Waals surface area contributed by atoms with E-state index in [1.54, 1.807) is 16.9 Å². The van der Waals surface area contributed by atoms with Gasteiger partial charge >= 0.3 is 0 Å². The van der Waals surface area contributed by atoms with Crippen molar-refractivity contribution < 1.29 is 9.90 Å². The first kappa shape index (κ1) is 23.1. The molecule has 1 heterocycles. The van der Waals surface area contributed by atoms with Gasteiger partial charge in [-0.25, -0.2) is 0 Å². The van der Waals surface area contributed by atoms with Gasteiger partial charge in [-0.2, -0.15) is 10.4 Å². The fourth-order valence-corrected chi connectivity index (χ4v) is 8.65. The minimum Gasteiger partial charge on any atom is -0.393 e. The lowest BCUT2D eigenvalue weighted by atomic mass is 9.57. The van der Waals surface area contributed by atoms with Gasteiger partial charge in [0.1, 0.15) is 6.07 Å². The lowest BCUT2D eigenvalue weighted by Gasteiger charge is -2.47. The number of rotatable bonds is 3. The number of hydrogen-bond acceptors (Lipinski definition) is 4. The molecule has 0 radical (unpaired) electrons. The molecular formula is C28H41N3O2. The summed E-state index contributed by atoms with van der Waals surface area (Å²) in [5.74, 6) is 3.42. The van der Waals surface area contributed by atoms with E-state index in [0.29, 0.717) is 35.3 Å². The van der Waals surface area contributed by atoms with Gasteiger partial charge < -0.3 is 5.11 Å². The third-order valence-corrected chi connectivity index (χ3v) is 10.6. The van der Waals surface area contributed by atoms with Crippen LogP contribution < -0.4 is 0 Å². The number of fused-ring (bicyclic) bond motifs is 2. The Morgan fingerprint density at radius 3 is 2.79 bits per heavy atom. The summed E-state index contributed by atoms with van der Waals surface area (Å²) in [5.41, 5.74) is 0.953. The average Bonchev–Trinajstić information content (AvgIpc) is 3.15. The second-order valence-electron chi connectivity index (χ2n) is 12.3. The predicted octanol–water partition coefficient (Wildman–Crippen LogP) is 5.51. The maximum absolute atomic E-state index is 13.5. The number of carbonyl (C=O) groups is 1. The lowest BCUT2D eigenvalue weighted by Crippen LogP contribution is -2.44. The number of nitriles is 1. The molecule has 1 aromatic heterocycles. The number of hydrogen-bond donors (Lipinski definition) is 1. The van der Waals surface area contributed by atoms with Crippen LogP contribution in [0.3, 0.4) is 0 Å². The summed E-state index contributed by atoms with van der Waals surface area (Å²) in [6.45, 7) is 5.04. The molecule has 4 fully saturated rings. The molecular weight excluding hydrogens is 410 g/mol. The van der Waals surface area contributed by atoms with Crippen LogP contribution in [0.25, 0.3) is 0 Å². The minimum atomic E-state index is -0.123. The van der Waals surface area contributed by atoms with Crippen LogP contribution in [0.4, 0.5) is 0 Å². The minimum absolute atomic E-state index is 0.0926. The first-order chi connectivity index (χ1) is 15.9. The van der Waals surface area contributed by atoms with Crippen LogP contribution in [-0.2, 0) is 11.3 Å². The molecule has 4 aliphatic rings. The number of aliphatic hydroxyl groups is 1. The van der Waals surface area contributed by atoms with Crippen molar-refractivity contribution in [2.45, 2.75) is 104 Å². The van der Waals surface area contributed by atoms with Crippen molar-refractivity contribution in [3.63, 3.8) is 0 Å². The van der Waals surface area contributed by atoms with E-state index in [1.807, 2.05) is 0 Å². The van der Waals surface area contributed by atoms with Crippen molar-refractivity contribution in [2.75, 3.05) is 0 Å². The number of aliphatic hydroxyl groups excluding tert-OH is 1. The van der Waals surface area contributed by atoms with Crippen LogP contribution in [0.2, 0.25) is 0 Å². The summed E-state index contributed by atoms with van der Waals surface area (Å²) in [6.07, 6.45) is 15.8. The number of ketones is 1. The summed E-state index contributed by atoms with van der Waals surface area (Å²) in [6, 6.07) is 3.75. The van der Waals surface area contributed by atoms with Crippen molar-refractivity contribution in [1.82, 2.24) is 9.78 Å². The quantitative estimate of drug-likeness (QED) is 0.657. The fraction of sp³-hybridized carbons (Fsp3) is 0.821. The van der Waals surface area contributed by atoms with E-state index < -0.39 is 0 Å². The monoisotopic (exact) mass is 451 g/mol. The highest BCUT2D eigenvalue weighted by Gasteiger charge is 2.66. The normalized spacial score (nSPS) is 43.2. The Balaban J connectivity index is 1.32. The van der Waals surface area contributed by atoms with Crippen LogP contribution in [0, 0.1) is 51.8 Å². The van der Waals surface area contributed by atoms with Crippen LogP contribution in [0.1, 0.15) is 96.6 Å². The summed E-state index contributed by atoms with van der Waals surface area (Å²) >= 11 is 0. The van der Waals surface area contributed by atoms with Crippen LogP contribution in [0.15, 0.2) is 12.3 Å². The Hall–Kier alpha value is -1.67. The number of Topliss-reactive ketones (excluding diaryl/α,β-unsaturated/α-hetero) is 1. The number of aromatic nitrogens is 2. The molecule has 2 unspecified atom stereocenters. The molecule has 4 saturated carbocycles. The molecule has 33 heavy (non-hydrogen) atoms. The SMILES string of the molecule is C[C@H]1CCC2C3C[C@@H]4CCC[C@H](C(=O)Cn5ccc(C#N)n5)[C@@]4(C)CC[C@]23CCC[C@@H](O)C1. The Morgan fingerprint density at radius 1 is 1.15 bits per heavy atom. The zero-order valence-electron chi connectivity index (χ0n) is 20.5. The molecule has 8 atom stereocenters.